The van der Waals surface area contributed by atoms with Gasteiger partial charge < -0.3 is 4.74 Å². The normalized spacial score (nSPS) is 10.7. The smallest absolute Gasteiger partial charge is 0.418 e. The summed E-state index contributed by atoms with van der Waals surface area (Å²) in [4.78, 5) is 24.2. The van der Waals surface area contributed by atoms with E-state index in [1.165, 1.54) is 0 Å². The van der Waals surface area contributed by atoms with Crippen LogP contribution in [-0.4, -0.2) is 33.2 Å². The molecule has 1 amide bonds. The van der Waals surface area contributed by atoms with E-state index in [0.29, 0.717) is 0 Å². The highest BCUT2D eigenvalue weighted by molar-refractivity contribution is 6.31. The minimum Gasteiger partial charge on any atom is -0.443 e. The van der Waals surface area contributed by atoms with Gasteiger partial charge in [0.15, 0.2) is 0 Å². The van der Waals surface area contributed by atoms with E-state index in [4.69, 9.17) is 34.4 Å². The van der Waals surface area contributed by atoms with E-state index in [1.807, 2.05) is 0 Å². The van der Waals surface area contributed by atoms with Crippen LogP contribution in [0.15, 0.2) is 0 Å². The summed E-state index contributed by atoms with van der Waals surface area (Å²) in [5.41, 5.74) is -0.676. The third-order valence-electron chi connectivity index (χ3n) is 1.67. The van der Waals surface area contributed by atoms with Gasteiger partial charge in [-0.3, -0.25) is 0 Å². The van der Waals surface area contributed by atoms with Crippen molar-refractivity contribution in [3.8, 4) is 12.3 Å². The van der Waals surface area contributed by atoms with E-state index in [9.17, 15) is 4.79 Å². The van der Waals surface area contributed by atoms with Gasteiger partial charge in [-0.2, -0.15) is 15.0 Å². The van der Waals surface area contributed by atoms with Gasteiger partial charge in [-0.1, -0.05) is 5.92 Å². The average Bonchev–Trinajstić information content (AvgIpc) is 2.21. The van der Waals surface area contributed by atoms with Gasteiger partial charge in [-0.15, -0.1) is 6.42 Å². The van der Waals surface area contributed by atoms with Crippen LogP contribution in [0.5, 0.6) is 0 Å². The molecule has 0 aliphatic heterocycles. The molecule has 0 bridgehead atoms. The molecule has 0 saturated carbocycles. The molecule has 1 aromatic rings. The van der Waals surface area contributed by atoms with Gasteiger partial charge in [0.2, 0.25) is 16.5 Å². The Morgan fingerprint density at radius 2 is 1.84 bits per heavy atom. The molecule has 1 heterocycles. The molecular weight excluding hydrogens is 291 g/mol. The summed E-state index contributed by atoms with van der Waals surface area (Å²) >= 11 is 11.3. The number of ether oxygens (including phenoxy) is 1. The number of terminal acetylenes is 1. The summed E-state index contributed by atoms with van der Waals surface area (Å²) in [6, 6.07) is 0. The van der Waals surface area contributed by atoms with Crippen molar-refractivity contribution >= 4 is 35.2 Å². The predicted molar refractivity (Wildman–Crippen MR) is 72.3 cm³/mol. The minimum atomic E-state index is -0.691. The molecule has 0 aliphatic carbocycles. The highest BCUT2D eigenvalue weighted by Gasteiger charge is 2.25. The van der Waals surface area contributed by atoms with Crippen LogP contribution >= 0.6 is 23.2 Å². The fourth-order valence-electron chi connectivity index (χ4n) is 1.06. The van der Waals surface area contributed by atoms with Gasteiger partial charge in [0.1, 0.15) is 5.60 Å². The molecule has 0 N–H and O–H groups in total. The first-order valence-electron chi connectivity index (χ1n) is 5.24. The lowest BCUT2D eigenvalue weighted by Crippen LogP contribution is -2.38. The fourth-order valence-corrected chi connectivity index (χ4v) is 1.42. The third-order valence-corrected chi connectivity index (χ3v) is 2.01. The summed E-state index contributed by atoms with van der Waals surface area (Å²) in [6.45, 7) is 5.11. The van der Waals surface area contributed by atoms with Crippen LogP contribution < -0.4 is 4.90 Å². The Hall–Kier alpha value is -1.58. The van der Waals surface area contributed by atoms with E-state index in [1.54, 1.807) is 20.8 Å². The summed E-state index contributed by atoms with van der Waals surface area (Å²) in [7, 11) is 0. The topological polar surface area (TPSA) is 68.2 Å². The zero-order valence-corrected chi connectivity index (χ0v) is 12.2. The van der Waals surface area contributed by atoms with Gasteiger partial charge in [-0.05, 0) is 44.0 Å². The largest absolute Gasteiger partial charge is 0.443 e. The van der Waals surface area contributed by atoms with Crippen molar-refractivity contribution in [3.05, 3.63) is 10.6 Å². The molecule has 0 unspecified atom stereocenters. The van der Waals surface area contributed by atoms with Crippen LogP contribution in [0.1, 0.15) is 20.8 Å². The van der Waals surface area contributed by atoms with Gasteiger partial charge in [0.25, 0.3) is 0 Å². The zero-order chi connectivity index (χ0) is 14.6. The number of rotatable bonds is 2. The molecule has 102 valence electrons. The first-order chi connectivity index (χ1) is 8.73. The monoisotopic (exact) mass is 302 g/mol. The van der Waals surface area contributed by atoms with Crippen molar-refractivity contribution < 1.29 is 9.53 Å². The molecule has 0 saturated heterocycles. The van der Waals surface area contributed by atoms with E-state index in [2.05, 4.69) is 20.9 Å². The lowest BCUT2D eigenvalue weighted by Gasteiger charge is -2.24. The molecular formula is C11H12Cl2N4O2. The maximum absolute atomic E-state index is 12.0. The van der Waals surface area contributed by atoms with Crippen molar-refractivity contribution in [1.29, 1.82) is 0 Å². The number of nitrogens with zero attached hydrogens (tertiary/aromatic N) is 4. The first kappa shape index (κ1) is 15.5. The number of amides is 1. The minimum absolute atomic E-state index is 0.0581. The van der Waals surface area contributed by atoms with Crippen LogP contribution in [0.2, 0.25) is 10.6 Å². The van der Waals surface area contributed by atoms with Crippen molar-refractivity contribution in [1.82, 2.24) is 15.0 Å². The molecule has 0 radical (unpaired) electrons. The second kappa shape index (κ2) is 6.04. The van der Waals surface area contributed by atoms with Crippen molar-refractivity contribution in [3.63, 3.8) is 0 Å². The second-order valence-electron chi connectivity index (χ2n) is 4.44. The van der Waals surface area contributed by atoms with Crippen LogP contribution in [0.25, 0.3) is 0 Å². The van der Waals surface area contributed by atoms with Crippen LogP contribution in [0.3, 0.4) is 0 Å². The van der Waals surface area contributed by atoms with E-state index < -0.39 is 11.7 Å². The quantitative estimate of drug-likeness (QED) is 0.785. The molecule has 8 heteroatoms. The Morgan fingerprint density at radius 1 is 1.32 bits per heavy atom. The second-order valence-corrected chi connectivity index (χ2v) is 5.12. The highest BCUT2D eigenvalue weighted by Crippen LogP contribution is 2.17. The molecule has 1 aromatic heterocycles. The van der Waals surface area contributed by atoms with E-state index in [-0.39, 0.29) is 23.1 Å². The van der Waals surface area contributed by atoms with E-state index in [0.717, 1.165) is 4.90 Å². The molecule has 0 fully saturated rings. The molecule has 1 rings (SSSR count). The number of hydrogen-bond donors (Lipinski definition) is 0. The Morgan fingerprint density at radius 3 is 2.26 bits per heavy atom. The molecule has 0 spiro atoms. The zero-order valence-electron chi connectivity index (χ0n) is 10.6. The molecule has 0 aliphatic rings. The van der Waals surface area contributed by atoms with Crippen molar-refractivity contribution in [2.24, 2.45) is 0 Å². The Balaban J connectivity index is 3.07. The molecule has 6 nitrogen and oxygen atoms in total. The lowest BCUT2D eigenvalue weighted by molar-refractivity contribution is 0.0583. The fraction of sp³-hybridized carbons (Fsp3) is 0.455. The number of anilines is 1. The number of carbonyl (C=O) groups is 1. The first-order valence-corrected chi connectivity index (χ1v) is 5.99. The summed E-state index contributed by atoms with van der Waals surface area (Å²) in [5, 5.41) is -0.277. The third kappa shape index (κ3) is 4.89. The summed E-state index contributed by atoms with van der Waals surface area (Å²) in [6.07, 6.45) is 4.52. The Bertz CT molecular complexity index is 502. The van der Waals surface area contributed by atoms with Crippen molar-refractivity contribution in [2.75, 3.05) is 11.4 Å². The molecule has 0 atom stereocenters. The molecule has 19 heavy (non-hydrogen) atoms. The SMILES string of the molecule is C#CCN(C(=O)OC(C)(C)C)c1nc(Cl)nc(Cl)n1. The number of halogens is 2. The van der Waals surface area contributed by atoms with E-state index >= 15 is 0 Å². The standard InChI is InChI=1S/C11H12Cl2N4O2/c1-5-6-17(10(18)19-11(2,3)4)9-15-7(12)14-8(13)16-9/h1H,6H2,2-4H3. The predicted octanol–water partition coefficient (Wildman–Crippen LogP) is 2.55. The number of hydrogen-bond acceptors (Lipinski definition) is 5. The van der Waals surface area contributed by atoms with Gasteiger partial charge >= 0.3 is 6.09 Å². The maximum atomic E-state index is 12.0. The highest BCUT2D eigenvalue weighted by atomic mass is 35.5. The Kier molecular flexibility index (Phi) is 4.92. The van der Waals surface area contributed by atoms with Gasteiger partial charge in [0.05, 0.1) is 6.54 Å². The van der Waals surface area contributed by atoms with Crippen LogP contribution in [-0.2, 0) is 4.74 Å². The summed E-state index contributed by atoms with van der Waals surface area (Å²) < 4.78 is 5.19. The lowest BCUT2D eigenvalue weighted by atomic mass is 10.2. The Labute approximate surface area is 121 Å². The van der Waals surface area contributed by atoms with Gasteiger partial charge in [0, 0.05) is 0 Å². The average molecular weight is 303 g/mol. The molecule has 0 aromatic carbocycles. The number of carbonyl (C=O) groups excluding carboxylic acids is 1. The van der Waals surface area contributed by atoms with Gasteiger partial charge in [-0.25, -0.2) is 9.69 Å². The van der Waals surface area contributed by atoms with Crippen molar-refractivity contribution in [2.45, 2.75) is 26.4 Å². The van der Waals surface area contributed by atoms with Crippen LogP contribution in [0.4, 0.5) is 10.7 Å². The van der Waals surface area contributed by atoms with Crippen LogP contribution in [0, 0.1) is 12.3 Å². The maximum Gasteiger partial charge on any atom is 0.418 e. The summed E-state index contributed by atoms with van der Waals surface area (Å²) in [5.74, 6) is 2.25. The number of aromatic nitrogens is 3.